The van der Waals surface area contributed by atoms with Crippen molar-refractivity contribution in [2.75, 3.05) is 52.1 Å². The van der Waals surface area contributed by atoms with Crippen LogP contribution in [-0.2, 0) is 16.0 Å². The third-order valence-electron chi connectivity index (χ3n) is 5.96. The van der Waals surface area contributed by atoms with E-state index < -0.39 is 6.04 Å². The van der Waals surface area contributed by atoms with Crippen molar-refractivity contribution in [2.24, 2.45) is 0 Å². The first-order valence-corrected chi connectivity index (χ1v) is 12.5. The Morgan fingerprint density at radius 1 is 1.03 bits per heavy atom. The Morgan fingerprint density at radius 2 is 1.73 bits per heavy atom. The first-order chi connectivity index (χ1) is 15.8. The fourth-order valence-electron chi connectivity index (χ4n) is 3.91. The molecule has 0 saturated carbocycles. The molecule has 8 heteroatoms. The molecule has 0 aromatic heterocycles. The summed E-state index contributed by atoms with van der Waals surface area (Å²) < 4.78 is 0. The van der Waals surface area contributed by atoms with Gasteiger partial charge in [0.1, 0.15) is 6.04 Å². The summed E-state index contributed by atoms with van der Waals surface area (Å²) in [4.78, 5) is 42.9. The third kappa shape index (κ3) is 7.47. The molecule has 0 radical (unpaired) electrons. The molecule has 1 fully saturated rings. The molecule has 0 bridgehead atoms. The molecule has 7 nitrogen and oxygen atoms in total. The Balaban J connectivity index is 1.60. The number of rotatable bonds is 8. The van der Waals surface area contributed by atoms with E-state index in [9.17, 15) is 14.4 Å². The molecule has 1 unspecified atom stereocenters. The van der Waals surface area contributed by atoms with Crippen molar-refractivity contribution < 1.29 is 14.4 Å². The Kier molecular flexibility index (Phi) is 9.14. The van der Waals surface area contributed by atoms with Crippen LogP contribution in [0.3, 0.4) is 0 Å². The molecule has 3 rings (SSSR count). The Morgan fingerprint density at radius 3 is 2.42 bits per heavy atom. The van der Waals surface area contributed by atoms with Gasteiger partial charge < -0.3 is 20.0 Å². The van der Waals surface area contributed by atoms with Crippen LogP contribution in [-0.4, -0.2) is 89.9 Å². The number of thioether (sulfide) groups is 1. The minimum Gasteiger partial charge on any atom is -0.338 e. The lowest BCUT2D eigenvalue weighted by atomic mass is 10.1. The second kappa shape index (κ2) is 12.0. The lowest BCUT2D eigenvalue weighted by molar-refractivity contribution is -0.134. The van der Waals surface area contributed by atoms with Crippen molar-refractivity contribution in [1.29, 1.82) is 0 Å². The average molecular weight is 471 g/mol. The van der Waals surface area contributed by atoms with E-state index in [0.717, 1.165) is 18.7 Å². The largest absolute Gasteiger partial charge is 0.338 e. The zero-order valence-electron chi connectivity index (χ0n) is 19.8. The van der Waals surface area contributed by atoms with Gasteiger partial charge in [-0.1, -0.05) is 54.2 Å². The van der Waals surface area contributed by atoms with E-state index in [0.29, 0.717) is 38.4 Å². The van der Waals surface area contributed by atoms with E-state index >= 15 is 0 Å². The molecule has 178 valence electrons. The monoisotopic (exact) mass is 470 g/mol. The van der Waals surface area contributed by atoms with Gasteiger partial charge in [-0.2, -0.15) is 0 Å². The Hall–Kier alpha value is -2.58. The van der Waals surface area contributed by atoms with Crippen LogP contribution < -0.4 is 5.32 Å². The number of nitrogens with zero attached hydrogens (tertiary/aromatic N) is 3. The summed E-state index contributed by atoms with van der Waals surface area (Å²) in [6, 6.07) is 13.7. The standard InChI is InChI=1S/C25H34N4O3S/c1-19(24(31)28-14-12-27(3)13-15-28)26-25(32)29(16-17-33-20(2)30)11-10-21-8-9-22-6-4-5-7-23(22)18-21/h4-9,18-19H,10-17H2,1-3H3,(H,26,32). The van der Waals surface area contributed by atoms with E-state index in [4.69, 9.17) is 0 Å². The molecule has 1 heterocycles. The first kappa shape index (κ1) is 25.1. The van der Waals surface area contributed by atoms with Gasteiger partial charge in [0.25, 0.3) is 0 Å². The van der Waals surface area contributed by atoms with E-state index in [1.807, 2.05) is 24.1 Å². The van der Waals surface area contributed by atoms with Crippen molar-refractivity contribution in [3.8, 4) is 0 Å². The van der Waals surface area contributed by atoms with Gasteiger partial charge >= 0.3 is 6.03 Å². The van der Waals surface area contributed by atoms with Crippen LogP contribution in [0, 0.1) is 0 Å². The van der Waals surface area contributed by atoms with Crippen molar-refractivity contribution >= 4 is 39.6 Å². The molecule has 33 heavy (non-hydrogen) atoms. The van der Waals surface area contributed by atoms with Crippen LogP contribution in [0.25, 0.3) is 10.8 Å². The highest BCUT2D eigenvalue weighted by Crippen LogP contribution is 2.16. The van der Waals surface area contributed by atoms with Gasteiger partial charge in [-0.15, -0.1) is 0 Å². The highest BCUT2D eigenvalue weighted by Gasteiger charge is 2.26. The number of hydrogen-bond donors (Lipinski definition) is 1. The number of amides is 3. The number of hydrogen-bond acceptors (Lipinski definition) is 5. The minimum atomic E-state index is -0.593. The van der Waals surface area contributed by atoms with Gasteiger partial charge in [-0.25, -0.2) is 4.79 Å². The van der Waals surface area contributed by atoms with E-state index in [1.54, 1.807) is 11.8 Å². The van der Waals surface area contributed by atoms with Crippen LogP contribution in [0.5, 0.6) is 0 Å². The maximum absolute atomic E-state index is 13.0. The summed E-state index contributed by atoms with van der Waals surface area (Å²) in [5.74, 6) is 0.477. The third-order valence-corrected chi connectivity index (χ3v) is 6.76. The van der Waals surface area contributed by atoms with E-state index in [-0.39, 0.29) is 17.1 Å². The number of likely N-dealkylation sites (N-methyl/N-ethyl adjacent to an activating group) is 1. The molecule has 1 atom stereocenters. The molecular weight excluding hydrogens is 436 g/mol. The van der Waals surface area contributed by atoms with Crippen molar-refractivity contribution in [2.45, 2.75) is 26.3 Å². The zero-order chi connectivity index (χ0) is 23.8. The summed E-state index contributed by atoms with van der Waals surface area (Å²) in [6.07, 6.45) is 0.698. The van der Waals surface area contributed by atoms with Gasteiger partial charge in [0.05, 0.1) is 0 Å². The van der Waals surface area contributed by atoms with Crippen molar-refractivity contribution in [3.63, 3.8) is 0 Å². The van der Waals surface area contributed by atoms with Gasteiger partial charge in [-0.3, -0.25) is 9.59 Å². The zero-order valence-corrected chi connectivity index (χ0v) is 20.6. The second-order valence-corrected chi connectivity index (χ2v) is 9.83. The van der Waals surface area contributed by atoms with Crippen LogP contribution in [0.4, 0.5) is 4.79 Å². The lowest BCUT2D eigenvalue weighted by Crippen LogP contribution is -2.55. The highest BCUT2D eigenvalue weighted by atomic mass is 32.2. The number of nitrogens with one attached hydrogen (secondary N) is 1. The number of piperazine rings is 1. The summed E-state index contributed by atoms with van der Waals surface area (Å²) in [7, 11) is 2.04. The van der Waals surface area contributed by atoms with Crippen LogP contribution in [0.1, 0.15) is 19.4 Å². The molecule has 1 aliphatic rings. The number of fused-ring (bicyclic) bond motifs is 1. The molecule has 2 aromatic carbocycles. The molecule has 1 saturated heterocycles. The van der Waals surface area contributed by atoms with E-state index in [2.05, 4.69) is 40.5 Å². The molecular formula is C25H34N4O3S. The molecule has 1 aliphatic heterocycles. The predicted molar refractivity (Wildman–Crippen MR) is 134 cm³/mol. The minimum absolute atomic E-state index is 0.0310. The lowest BCUT2D eigenvalue weighted by Gasteiger charge is -2.34. The second-order valence-electron chi connectivity index (χ2n) is 8.56. The predicted octanol–water partition coefficient (Wildman–Crippen LogP) is 2.84. The fraction of sp³-hybridized carbons (Fsp3) is 0.480. The maximum atomic E-state index is 13.0. The van der Waals surface area contributed by atoms with Gasteiger partial charge in [-0.05, 0) is 36.7 Å². The average Bonchev–Trinajstić information content (AvgIpc) is 2.80. The van der Waals surface area contributed by atoms with Gasteiger partial charge in [0.15, 0.2) is 5.12 Å². The number of urea groups is 1. The van der Waals surface area contributed by atoms with Crippen LogP contribution in [0.15, 0.2) is 42.5 Å². The van der Waals surface area contributed by atoms with Crippen LogP contribution >= 0.6 is 11.8 Å². The topological polar surface area (TPSA) is 73.0 Å². The molecule has 1 N–H and O–H groups in total. The number of carbonyl (C=O) groups is 3. The van der Waals surface area contributed by atoms with Crippen LogP contribution in [0.2, 0.25) is 0 Å². The summed E-state index contributed by atoms with van der Waals surface area (Å²) in [5.41, 5.74) is 1.15. The smallest absolute Gasteiger partial charge is 0.318 e. The summed E-state index contributed by atoms with van der Waals surface area (Å²) in [6.45, 7) is 7.26. The quantitative estimate of drug-likeness (QED) is 0.642. The first-order valence-electron chi connectivity index (χ1n) is 11.5. The van der Waals surface area contributed by atoms with Gasteiger partial charge in [0, 0.05) is 51.9 Å². The highest BCUT2D eigenvalue weighted by molar-refractivity contribution is 8.13. The maximum Gasteiger partial charge on any atom is 0.318 e. The normalized spacial score (nSPS) is 15.3. The Labute approximate surface area is 200 Å². The number of benzene rings is 2. The molecule has 0 spiro atoms. The van der Waals surface area contributed by atoms with Crippen molar-refractivity contribution in [3.05, 3.63) is 48.0 Å². The number of carbonyl (C=O) groups excluding carboxylic acids is 3. The summed E-state index contributed by atoms with van der Waals surface area (Å²) in [5, 5.41) is 5.27. The SMILES string of the molecule is CC(=O)SCCN(CCc1ccc2ccccc2c1)C(=O)NC(C)C(=O)N1CCN(C)CC1. The van der Waals surface area contributed by atoms with E-state index in [1.165, 1.54) is 29.5 Å². The molecule has 0 aliphatic carbocycles. The fourth-order valence-corrected chi connectivity index (χ4v) is 4.51. The van der Waals surface area contributed by atoms with Crippen molar-refractivity contribution in [1.82, 2.24) is 20.0 Å². The molecule has 3 amide bonds. The molecule has 2 aromatic rings. The summed E-state index contributed by atoms with van der Waals surface area (Å²) >= 11 is 1.21. The Bertz CT molecular complexity index is 975. The van der Waals surface area contributed by atoms with Gasteiger partial charge in [0.2, 0.25) is 5.91 Å².